The largest absolute Gasteiger partial charge is 0.480 e. The number of carboxylic acid groups (broad SMARTS) is 1. The average molecular weight is 307 g/mol. The minimum Gasteiger partial charge on any atom is -0.480 e. The molecule has 0 saturated heterocycles. The molecule has 0 radical (unpaired) electrons. The van der Waals surface area contributed by atoms with E-state index in [1.807, 2.05) is 0 Å². The SMILES string of the molecule is CCOC(=O)CC1(S(=O)(=O)N(CC(=O)O)C(C)C)CC1. The highest BCUT2D eigenvalue weighted by atomic mass is 32.2. The molecule has 0 heterocycles. The third-order valence-corrected chi connectivity index (χ3v) is 6.12. The van der Waals surface area contributed by atoms with Gasteiger partial charge < -0.3 is 9.84 Å². The summed E-state index contributed by atoms with van der Waals surface area (Å²) in [6.45, 7) is 4.47. The molecule has 0 atom stereocenters. The first kappa shape index (κ1) is 16.9. The second-order valence-corrected chi connectivity index (χ2v) is 7.49. The van der Waals surface area contributed by atoms with Gasteiger partial charge in [0.05, 0.1) is 17.8 Å². The van der Waals surface area contributed by atoms with Crippen LogP contribution in [0.2, 0.25) is 0 Å². The van der Waals surface area contributed by atoms with Crippen molar-refractivity contribution in [1.29, 1.82) is 0 Å². The van der Waals surface area contributed by atoms with Crippen LogP contribution in [0, 0.1) is 0 Å². The van der Waals surface area contributed by atoms with Gasteiger partial charge in [0, 0.05) is 6.04 Å². The molecule has 7 nitrogen and oxygen atoms in total. The lowest BCUT2D eigenvalue weighted by Gasteiger charge is -2.28. The van der Waals surface area contributed by atoms with Crippen molar-refractivity contribution in [2.24, 2.45) is 0 Å². The fraction of sp³-hybridized carbons (Fsp3) is 0.833. The van der Waals surface area contributed by atoms with Crippen molar-refractivity contribution in [3.8, 4) is 0 Å². The van der Waals surface area contributed by atoms with E-state index in [1.54, 1.807) is 20.8 Å². The van der Waals surface area contributed by atoms with Crippen LogP contribution >= 0.6 is 0 Å². The summed E-state index contributed by atoms with van der Waals surface area (Å²) in [7, 11) is -3.85. The third kappa shape index (κ3) is 3.49. The maximum absolute atomic E-state index is 12.6. The zero-order valence-corrected chi connectivity index (χ0v) is 12.8. The molecule has 0 spiro atoms. The van der Waals surface area contributed by atoms with Crippen molar-refractivity contribution < 1.29 is 27.9 Å². The third-order valence-electron chi connectivity index (χ3n) is 3.30. The van der Waals surface area contributed by atoms with E-state index in [2.05, 4.69) is 0 Å². The predicted molar refractivity (Wildman–Crippen MR) is 71.6 cm³/mol. The van der Waals surface area contributed by atoms with E-state index in [1.165, 1.54) is 0 Å². The lowest BCUT2D eigenvalue weighted by atomic mass is 10.3. The first-order chi connectivity index (χ1) is 9.16. The van der Waals surface area contributed by atoms with Gasteiger partial charge in [0.15, 0.2) is 0 Å². The van der Waals surface area contributed by atoms with Gasteiger partial charge in [-0.25, -0.2) is 8.42 Å². The molecular formula is C12H21NO6S. The maximum atomic E-state index is 12.6. The summed E-state index contributed by atoms with van der Waals surface area (Å²) in [6.07, 6.45) is 0.500. The number of carboxylic acids is 1. The lowest BCUT2D eigenvalue weighted by molar-refractivity contribution is -0.143. The first-order valence-corrected chi connectivity index (χ1v) is 7.99. The van der Waals surface area contributed by atoms with Crippen LogP contribution in [-0.4, -0.2) is 53.7 Å². The minimum atomic E-state index is -3.85. The van der Waals surface area contributed by atoms with E-state index in [9.17, 15) is 18.0 Å². The topological polar surface area (TPSA) is 101 Å². The van der Waals surface area contributed by atoms with Crippen LogP contribution in [0.1, 0.15) is 40.0 Å². The Labute approximate surface area is 118 Å². The van der Waals surface area contributed by atoms with Crippen molar-refractivity contribution in [3.63, 3.8) is 0 Å². The summed E-state index contributed by atoms with van der Waals surface area (Å²) in [5, 5.41) is 8.85. The van der Waals surface area contributed by atoms with Gasteiger partial charge in [0.1, 0.15) is 6.54 Å². The molecule has 0 aromatic heterocycles. The minimum absolute atomic E-state index is 0.192. The van der Waals surface area contributed by atoms with E-state index in [-0.39, 0.29) is 13.0 Å². The second-order valence-electron chi connectivity index (χ2n) is 5.20. The van der Waals surface area contributed by atoms with Gasteiger partial charge >= 0.3 is 11.9 Å². The molecule has 1 fully saturated rings. The Hall–Kier alpha value is -1.15. The Bertz CT molecular complexity index is 480. The van der Waals surface area contributed by atoms with Crippen molar-refractivity contribution in [3.05, 3.63) is 0 Å². The van der Waals surface area contributed by atoms with E-state index < -0.39 is 39.3 Å². The highest BCUT2D eigenvalue weighted by Gasteiger charge is 2.58. The molecule has 1 aliphatic rings. The molecule has 1 N–H and O–H groups in total. The zero-order valence-electron chi connectivity index (χ0n) is 12.0. The van der Waals surface area contributed by atoms with E-state index in [0.29, 0.717) is 12.8 Å². The van der Waals surface area contributed by atoms with E-state index >= 15 is 0 Å². The normalized spacial score (nSPS) is 17.2. The molecule has 0 aromatic rings. The Morgan fingerprint density at radius 3 is 2.25 bits per heavy atom. The highest BCUT2D eigenvalue weighted by molar-refractivity contribution is 7.90. The van der Waals surface area contributed by atoms with Gasteiger partial charge in [0.25, 0.3) is 0 Å². The van der Waals surface area contributed by atoms with Crippen LogP contribution in [0.3, 0.4) is 0 Å². The lowest BCUT2D eigenvalue weighted by Crippen LogP contribution is -2.47. The van der Waals surface area contributed by atoms with Crippen molar-refractivity contribution in [2.75, 3.05) is 13.2 Å². The molecule has 0 unspecified atom stereocenters. The smallest absolute Gasteiger partial charge is 0.318 e. The van der Waals surface area contributed by atoms with Gasteiger partial charge in [-0.3, -0.25) is 9.59 Å². The second kappa shape index (κ2) is 6.09. The van der Waals surface area contributed by atoms with Crippen LogP contribution in [0.4, 0.5) is 0 Å². The van der Waals surface area contributed by atoms with Crippen LogP contribution in [-0.2, 0) is 24.3 Å². The first-order valence-electron chi connectivity index (χ1n) is 6.55. The fourth-order valence-corrected chi connectivity index (χ4v) is 4.32. The number of rotatable bonds is 8. The Kier molecular flexibility index (Phi) is 5.15. The molecule has 0 amide bonds. The molecule has 20 heavy (non-hydrogen) atoms. The number of sulfonamides is 1. The number of hydrogen-bond acceptors (Lipinski definition) is 5. The number of carbonyl (C=O) groups is 2. The van der Waals surface area contributed by atoms with Gasteiger partial charge in [-0.2, -0.15) is 4.31 Å². The summed E-state index contributed by atoms with van der Waals surface area (Å²) < 4.78 is 29.7. The van der Waals surface area contributed by atoms with Crippen LogP contribution in [0.15, 0.2) is 0 Å². The summed E-state index contributed by atoms with van der Waals surface area (Å²) >= 11 is 0. The Morgan fingerprint density at radius 2 is 1.90 bits per heavy atom. The number of ether oxygens (including phenoxy) is 1. The molecule has 1 rings (SSSR count). The molecule has 1 aliphatic carbocycles. The van der Waals surface area contributed by atoms with Gasteiger partial charge in [-0.05, 0) is 33.6 Å². The van der Waals surface area contributed by atoms with Crippen molar-refractivity contribution in [1.82, 2.24) is 4.31 Å². The van der Waals surface area contributed by atoms with Gasteiger partial charge in [-0.1, -0.05) is 0 Å². The van der Waals surface area contributed by atoms with Gasteiger partial charge in [0.2, 0.25) is 10.0 Å². The molecular weight excluding hydrogens is 286 g/mol. The predicted octanol–water partition coefficient (Wildman–Crippen LogP) is 0.597. The quantitative estimate of drug-likeness (QED) is 0.659. The van der Waals surface area contributed by atoms with E-state index in [0.717, 1.165) is 4.31 Å². The van der Waals surface area contributed by atoms with Crippen molar-refractivity contribution >= 4 is 22.0 Å². The number of hydrogen-bond donors (Lipinski definition) is 1. The maximum Gasteiger partial charge on any atom is 0.318 e. The molecule has 0 aliphatic heterocycles. The summed E-state index contributed by atoms with van der Waals surface area (Å²) in [5.74, 6) is -1.78. The Morgan fingerprint density at radius 1 is 1.35 bits per heavy atom. The number of aliphatic carboxylic acids is 1. The summed E-state index contributed by atoms with van der Waals surface area (Å²) in [6, 6.07) is -0.476. The molecule has 0 bridgehead atoms. The van der Waals surface area contributed by atoms with E-state index in [4.69, 9.17) is 9.84 Å². The highest BCUT2D eigenvalue weighted by Crippen LogP contribution is 2.48. The van der Waals surface area contributed by atoms with Gasteiger partial charge in [-0.15, -0.1) is 0 Å². The Balaban J connectivity index is 2.95. The number of carbonyl (C=O) groups excluding carboxylic acids is 1. The van der Waals surface area contributed by atoms with Crippen molar-refractivity contribution in [2.45, 2.75) is 50.8 Å². The molecule has 8 heteroatoms. The molecule has 116 valence electrons. The number of esters is 1. The van der Waals surface area contributed by atoms with Crippen LogP contribution < -0.4 is 0 Å². The number of nitrogens with zero attached hydrogens (tertiary/aromatic N) is 1. The summed E-state index contributed by atoms with van der Waals surface area (Å²) in [5.41, 5.74) is 0. The standard InChI is InChI=1S/C12H21NO6S/c1-4-19-11(16)7-12(5-6-12)20(17,18)13(9(2)3)8-10(14)15/h9H,4-8H2,1-3H3,(H,14,15). The monoisotopic (exact) mass is 307 g/mol. The molecule has 1 saturated carbocycles. The fourth-order valence-electron chi connectivity index (χ4n) is 2.07. The van der Waals surface area contributed by atoms with Crippen LogP contribution in [0.5, 0.6) is 0 Å². The molecule has 0 aromatic carbocycles. The zero-order chi connectivity index (χ0) is 15.6. The summed E-state index contributed by atoms with van der Waals surface area (Å²) in [4.78, 5) is 22.4. The average Bonchev–Trinajstić information content (AvgIpc) is 3.06. The van der Waals surface area contributed by atoms with Crippen LogP contribution in [0.25, 0.3) is 0 Å².